The van der Waals surface area contributed by atoms with Gasteiger partial charge in [0.15, 0.2) is 0 Å². The third-order valence-corrected chi connectivity index (χ3v) is 12.0. The van der Waals surface area contributed by atoms with Crippen molar-refractivity contribution in [2.45, 2.75) is 0 Å². The number of fused-ring (bicyclic) bond motifs is 15. The average Bonchev–Trinajstić information content (AvgIpc) is 3.91. The molecule has 13 rings (SSSR count). The van der Waals surface area contributed by atoms with Crippen LogP contribution in [-0.4, -0.2) is 18.9 Å². The highest BCUT2D eigenvalue weighted by Gasteiger charge is 2.26. The highest BCUT2D eigenvalue weighted by atomic mass is 15.2. The van der Waals surface area contributed by atoms with E-state index in [1.807, 2.05) is 0 Å². The van der Waals surface area contributed by atoms with Crippen LogP contribution < -0.4 is 0 Å². The van der Waals surface area contributed by atoms with E-state index in [1.165, 1.54) is 70.8 Å². The predicted octanol–water partition coefficient (Wildman–Crippen LogP) is 13.5. The minimum atomic E-state index is 0.661. The molecule has 4 nitrogen and oxygen atoms in total. The number of hydrogen-bond donors (Lipinski definition) is 0. The van der Waals surface area contributed by atoms with Gasteiger partial charge in [0.2, 0.25) is 5.95 Å². The third kappa shape index (κ3) is 3.92. The summed E-state index contributed by atoms with van der Waals surface area (Å²) in [5, 5.41) is 13.2. The number of aromatic nitrogens is 4. The molecule has 0 atom stereocenters. The molecule has 0 spiro atoms. The molecule has 9 aromatic carbocycles. The van der Waals surface area contributed by atoms with Crippen molar-refractivity contribution in [2.75, 3.05) is 0 Å². The van der Waals surface area contributed by atoms with E-state index in [2.05, 4.69) is 191 Å². The molecule has 258 valence electrons. The van der Waals surface area contributed by atoms with Gasteiger partial charge in [-0.25, -0.2) is 9.97 Å². The lowest BCUT2D eigenvalue weighted by Crippen LogP contribution is -2.04. The molecule has 0 amide bonds. The van der Waals surface area contributed by atoms with E-state index in [4.69, 9.17) is 9.97 Å². The predicted molar refractivity (Wildman–Crippen MR) is 234 cm³/mol. The number of benzene rings is 9. The first kappa shape index (κ1) is 29.8. The molecule has 0 fully saturated rings. The molecule has 0 radical (unpaired) electrons. The summed E-state index contributed by atoms with van der Waals surface area (Å²) in [7, 11) is 0. The zero-order valence-electron chi connectivity index (χ0n) is 30.1. The van der Waals surface area contributed by atoms with Crippen LogP contribution in [0.5, 0.6) is 0 Å². The van der Waals surface area contributed by atoms with Crippen molar-refractivity contribution in [1.82, 2.24) is 18.9 Å². The Hall–Kier alpha value is -7.56. The topological polar surface area (TPSA) is 35.1 Å². The lowest BCUT2D eigenvalue weighted by atomic mass is 9.99. The quantitative estimate of drug-likeness (QED) is 0.171. The van der Waals surface area contributed by atoms with Crippen LogP contribution in [0.4, 0.5) is 0 Å². The van der Waals surface area contributed by atoms with Gasteiger partial charge < -0.3 is 4.40 Å². The van der Waals surface area contributed by atoms with Gasteiger partial charge >= 0.3 is 0 Å². The van der Waals surface area contributed by atoms with E-state index in [0.29, 0.717) is 5.95 Å². The van der Waals surface area contributed by atoms with Gasteiger partial charge in [-0.2, -0.15) is 0 Å². The summed E-state index contributed by atoms with van der Waals surface area (Å²) in [5.41, 5.74) is 11.2. The van der Waals surface area contributed by atoms with Crippen molar-refractivity contribution in [3.8, 4) is 28.3 Å². The lowest BCUT2D eigenvalue weighted by molar-refractivity contribution is 1.02. The van der Waals surface area contributed by atoms with Gasteiger partial charge in [0.05, 0.1) is 38.8 Å². The summed E-state index contributed by atoms with van der Waals surface area (Å²) < 4.78 is 4.83. The summed E-state index contributed by atoms with van der Waals surface area (Å²) >= 11 is 0. The van der Waals surface area contributed by atoms with E-state index < -0.39 is 0 Å². The Balaban J connectivity index is 1.19. The Kier molecular flexibility index (Phi) is 5.86. The Morgan fingerprint density at radius 3 is 1.71 bits per heavy atom. The summed E-state index contributed by atoms with van der Waals surface area (Å²) in [4.78, 5) is 11.1. The first-order valence-corrected chi connectivity index (χ1v) is 19.2. The van der Waals surface area contributed by atoms with E-state index in [1.54, 1.807) is 0 Å². The van der Waals surface area contributed by atoms with Crippen LogP contribution in [-0.2, 0) is 0 Å². The molecule has 0 aliphatic heterocycles. The fourth-order valence-electron chi connectivity index (χ4n) is 9.60. The maximum absolute atomic E-state index is 5.55. The maximum atomic E-state index is 5.55. The van der Waals surface area contributed by atoms with Crippen LogP contribution in [0.3, 0.4) is 0 Å². The van der Waals surface area contributed by atoms with Gasteiger partial charge in [-0.3, -0.25) is 4.57 Å². The number of rotatable bonds is 3. The number of para-hydroxylation sites is 2. The Bertz CT molecular complexity index is 3740. The van der Waals surface area contributed by atoms with Gasteiger partial charge in [0.25, 0.3) is 0 Å². The molecular formula is C52H30N4. The van der Waals surface area contributed by atoms with Gasteiger partial charge in [0, 0.05) is 54.0 Å². The lowest BCUT2D eigenvalue weighted by Gasteiger charge is -2.14. The molecule has 0 saturated carbocycles. The molecule has 0 aliphatic carbocycles. The average molecular weight is 711 g/mol. The number of nitrogens with zero attached hydrogens (tertiary/aromatic N) is 4. The second-order valence-corrected chi connectivity index (χ2v) is 14.9. The molecule has 4 heteroatoms. The molecular weight excluding hydrogens is 681 g/mol. The SMILES string of the molecule is c1ccc(-c2ccc(-c3nc(-n4c5ccccc5c5c6c7ccccc7n7c8c9ccccc9ccc8c(cc54)c67)nc4c3ccc3ccccc34)cc2)cc1. The van der Waals surface area contributed by atoms with E-state index >= 15 is 0 Å². The first-order chi connectivity index (χ1) is 27.8. The van der Waals surface area contributed by atoms with Crippen LogP contribution in [0.1, 0.15) is 0 Å². The van der Waals surface area contributed by atoms with E-state index in [0.717, 1.165) is 44.0 Å². The zero-order chi connectivity index (χ0) is 36.5. The van der Waals surface area contributed by atoms with Gasteiger partial charge in [-0.05, 0) is 46.2 Å². The number of hydrogen-bond acceptors (Lipinski definition) is 2. The minimum Gasteiger partial charge on any atom is -0.307 e. The largest absolute Gasteiger partial charge is 0.307 e. The van der Waals surface area contributed by atoms with Gasteiger partial charge in [-0.15, -0.1) is 0 Å². The van der Waals surface area contributed by atoms with Crippen LogP contribution >= 0.6 is 0 Å². The zero-order valence-corrected chi connectivity index (χ0v) is 30.1. The summed E-state index contributed by atoms with van der Waals surface area (Å²) in [5.74, 6) is 0.661. The minimum absolute atomic E-state index is 0.661. The maximum Gasteiger partial charge on any atom is 0.235 e. The van der Waals surface area contributed by atoms with Crippen molar-refractivity contribution in [1.29, 1.82) is 0 Å². The molecule has 0 N–H and O–H groups in total. The fraction of sp³-hybridized carbons (Fsp3) is 0. The third-order valence-electron chi connectivity index (χ3n) is 12.0. The summed E-state index contributed by atoms with van der Waals surface area (Å²) in [6.45, 7) is 0. The molecule has 0 bridgehead atoms. The summed E-state index contributed by atoms with van der Waals surface area (Å²) in [6.07, 6.45) is 0. The molecule has 56 heavy (non-hydrogen) atoms. The van der Waals surface area contributed by atoms with Gasteiger partial charge in [0.1, 0.15) is 0 Å². The molecule has 13 aromatic rings. The van der Waals surface area contributed by atoms with Crippen LogP contribution in [0, 0.1) is 0 Å². The van der Waals surface area contributed by atoms with Crippen molar-refractivity contribution in [2.24, 2.45) is 0 Å². The van der Waals surface area contributed by atoms with Gasteiger partial charge in [-0.1, -0.05) is 158 Å². The van der Waals surface area contributed by atoms with E-state index in [-0.39, 0.29) is 0 Å². The second-order valence-electron chi connectivity index (χ2n) is 14.9. The molecule has 0 aliphatic rings. The highest BCUT2D eigenvalue weighted by Crippen LogP contribution is 2.48. The van der Waals surface area contributed by atoms with Crippen LogP contribution in [0.25, 0.3) is 121 Å². The molecule has 4 aromatic heterocycles. The first-order valence-electron chi connectivity index (χ1n) is 19.2. The smallest absolute Gasteiger partial charge is 0.235 e. The van der Waals surface area contributed by atoms with Crippen molar-refractivity contribution >= 4 is 92.3 Å². The second kappa shape index (κ2) is 11.0. The van der Waals surface area contributed by atoms with E-state index in [9.17, 15) is 0 Å². The van der Waals surface area contributed by atoms with Crippen molar-refractivity contribution in [3.05, 3.63) is 182 Å². The Morgan fingerprint density at radius 1 is 0.339 bits per heavy atom. The Morgan fingerprint density at radius 2 is 0.929 bits per heavy atom. The monoisotopic (exact) mass is 710 g/mol. The fourth-order valence-corrected chi connectivity index (χ4v) is 9.60. The normalized spacial score (nSPS) is 12.3. The molecule has 0 unspecified atom stereocenters. The van der Waals surface area contributed by atoms with Crippen molar-refractivity contribution < 1.29 is 0 Å². The van der Waals surface area contributed by atoms with Crippen LogP contribution in [0.2, 0.25) is 0 Å². The molecule has 0 saturated heterocycles. The van der Waals surface area contributed by atoms with Crippen LogP contribution in [0.15, 0.2) is 182 Å². The Labute approximate surface area is 320 Å². The van der Waals surface area contributed by atoms with Crippen molar-refractivity contribution in [3.63, 3.8) is 0 Å². The summed E-state index contributed by atoms with van der Waals surface area (Å²) in [6, 6.07) is 65.7. The standard InChI is InChI=1S/C52H30N4/c1-2-12-31(13-3-1)32-22-24-35(25-23-32)48-41-29-27-33-14-4-6-16-36(33)49(41)54-52(53-48)55-43-20-10-8-18-39(43)46-45(55)30-42-38-28-26-34-15-5-7-17-37(34)50(38)56-44-21-11-9-19-40(44)47(46)51(42)56/h1-30H. The molecule has 4 heterocycles. The highest BCUT2D eigenvalue weighted by molar-refractivity contribution is 6.37.